The van der Waals surface area contributed by atoms with Gasteiger partial charge in [-0.15, -0.1) is 0 Å². The molecule has 0 aliphatic carbocycles. The van der Waals surface area contributed by atoms with Gasteiger partial charge in [-0.3, -0.25) is 14.4 Å². The second-order valence-electron chi connectivity index (χ2n) is 21.1. The third kappa shape index (κ3) is 46.9. The lowest BCUT2D eigenvalue weighted by Crippen LogP contribution is -2.37. The minimum atomic E-state index is -0.281. The number of rotatable bonds is 53. The van der Waals surface area contributed by atoms with Crippen LogP contribution in [0.1, 0.15) is 298 Å². The van der Waals surface area contributed by atoms with Crippen molar-refractivity contribution in [2.24, 2.45) is 0 Å². The van der Waals surface area contributed by atoms with Gasteiger partial charge in [0.25, 0.3) is 0 Å². The van der Waals surface area contributed by atoms with E-state index in [1.807, 2.05) is 26.2 Å². The number of carbonyl (C=O) groups excluding carboxylic acids is 4. The fourth-order valence-electron chi connectivity index (χ4n) is 9.24. The van der Waals surface area contributed by atoms with Crippen molar-refractivity contribution in [3.8, 4) is 0 Å². The summed E-state index contributed by atoms with van der Waals surface area (Å²) in [7, 11) is 4.08. The highest BCUT2D eigenvalue weighted by Gasteiger charge is 2.21. The zero-order valence-corrected chi connectivity index (χ0v) is 47.9. The zero-order valence-electron chi connectivity index (χ0n) is 47.9. The topological polar surface area (TPSA) is 112 Å². The van der Waals surface area contributed by atoms with E-state index in [-0.39, 0.29) is 55.3 Å². The van der Waals surface area contributed by atoms with Gasteiger partial charge in [-0.25, -0.2) is 4.79 Å². The summed E-state index contributed by atoms with van der Waals surface area (Å²) in [6, 6.07) is 0. The van der Waals surface area contributed by atoms with Gasteiger partial charge < -0.3 is 28.7 Å². The molecule has 0 radical (unpaired) electrons. The molecule has 0 aromatic carbocycles. The van der Waals surface area contributed by atoms with Crippen LogP contribution >= 0.6 is 0 Å². The van der Waals surface area contributed by atoms with Gasteiger partial charge in [-0.2, -0.15) is 0 Å². The summed E-state index contributed by atoms with van der Waals surface area (Å²) >= 11 is 0. The Labute approximate surface area is 439 Å². The fourth-order valence-corrected chi connectivity index (χ4v) is 9.24. The Morgan fingerprint density at radius 1 is 0.366 bits per heavy atom. The number of esters is 3. The summed E-state index contributed by atoms with van der Waals surface area (Å²) in [6.07, 6.45) is 45.6. The molecule has 0 aliphatic rings. The van der Waals surface area contributed by atoms with E-state index in [0.717, 1.165) is 167 Å². The molecule has 0 N–H and O–H groups in total. The van der Waals surface area contributed by atoms with E-state index < -0.39 is 0 Å². The molecule has 0 saturated heterocycles. The molecule has 0 unspecified atom stereocenters. The van der Waals surface area contributed by atoms with E-state index in [0.29, 0.717) is 32.4 Å². The van der Waals surface area contributed by atoms with E-state index in [2.05, 4.69) is 39.5 Å². The van der Waals surface area contributed by atoms with Crippen LogP contribution in [0.15, 0.2) is 12.2 Å². The molecular formula is C61H116N2O8. The maximum atomic E-state index is 13.8. The fraction of sp³-hybridized carbons (Fsp3) is 0.902. The molecule has 0 aromatic heterocycles. The van der Waals surface area contributed by atoms with Crippen molar-refractivity contribution in [2.45, 2.75) is 316 Å². The van der Waals surface area contributed by atoms with Crippen LogP contribution in [0.25, 0.3) is 0 Å². The van der Waals surface area contributed by atoms with Crippen LogP contribution in [0.4, 0.5) is 4.79 Å². The quantitative estimate of drug-likeness (QED) is 0.0254. The molecule has 0 saturated carbocycles. The van der Waals surface area contributed by atoms with Crippen LogP contribution in [-0.2, 0) is 33.3 Å². The Bertz CT molecular complexity index is 1160. The highest BCUT2D eigenvalue weighted by atomic mass is 16.6. The molecule has 0 aliphatic heterocycles. The van der Waals surface area contributed by atoms with Gasteiger partial charge in [0.1, 0.15) is 24.9 Å². The van der Waals surface area contributed by atoms with Crippen LogP contribution in [0, 0.1) is 0 Å². The van der Waals surface area contributed by atoms with Crippen molar-refractivity contribution in [1.29, 1.82) is 0 Å². The van der Waals surface area contributed by atoms with Gasteiger partial charge in [0.2, 0.25) is 0 Å². The second-order valence-corrected chi connectivity index (χ2v) is 21.1. The second kappa shape index (κ2) is 52.3. The SMILES string of the molecule is CCC/C=C\COC(=O)CCCN(CCCN(C)C)C(=O)OC(CCCCCCCCC(=O)OC(CCCCCC)CCCCCC)CCCCCCCCC(=O)OC(CCCCCC)CCCCCC. The van der Waals surface area contributed by atoms with Crippen LogP contribution < -0.4 is 0 Å². The average Bonchev–Trinajstić information content (AvgIpc) is 3.34. The average molecular weight is 1010 g/mol. The smallest absolute Gasteiger partial charge is 0.410 e. The first-order valence-electron chi connectivity index (χ1n) is 30.4. The molecule has 0 aromatic rings. The highest BCUT2D eigenvalue weighted by molar-refractivity contribution is 5.70. The molecule has 418 valence electrons. The number of allylic oxidation sites excluding steroid dienone is 1. The third-order valence-corrected chi connectivity index (χ3v) is 13.8. The molecular weight excluding hydrogens is 889 g/mol. The zero-order chi connectivity index (χ0) is 52.3. The normalized spacial score (nSPS) is 11.7. The Morgan fingerprint density at radius 3 is 1.11 bits per heavy atom. The van der Waals surface area contributed by atoms with E-state index in [1.54, 1.807) is 4.90 Å². The number of amides is 1. The predicted octanol–water partition coefficient (Wildman–Crippen LogP) is 17.4. The Hall–Kier alpha value is -2.62. The van der Waals surface area contributed by atoms with E-state index in [9.17, 15) is 19.2 Å². The lowest BCUT2D eigenvalue weighted by atomic mass is 10.0. The molecule has 0 bridgehead atoms. The monoisotopic (exact) mass is 1000 g/mol. The van der Waals surface area contributed by atoms with Gasteiger partial charge in [-0.05, 0) is 130 Å². The van der Waals surface area contributed by atoms with Gasteiger partial charge >= 0.3 is 24.0 Å². The standard InChI is InChI=1S/C61H116N2O8/c1-8-13-18-31-42-55(43-32-19-14-9-2)69-59(65)48-37-29-25-23-27-35-46-57(71-61(67)63(53-41-51-62(6)7)52-40-50-58(64)68-54-39-22-17-12-5)47-36-28-24-26-30-38-49-60(66)70-56(44-33-20-15-10-3)45-34-21-16-11-4/h22,39,55-57H,8-21,23-38,40-54H2,1-7H3/b39-22-. The lowest BCUT2D eigenvalue weighted by Gasteiger charge is -2.26. The summed E-state index contributed by atoms with van der Waals surface area (Å²) in [4.78, 5) is 55.9. The van der Waals surface area contributed by atoms with Crippen LogP contribution in [0.5, 0.6) is 0 Å². The summed E-state index contributed by atoms with van der Waals surface area (Å²) in [6.45, 7) is 13.2. The van der Waals surface area contributed by atoms with Crippen molar-refractivity contribution in [3.63, 3.8) is 0 Å². The molecule has 10 heteroatoms. The summed E-state index contributed by atoms with van der Waals surface area (Å²) in [5.74, 6) is -0.293. The van der Waals surface area contributed by atoms with Crippen molar-refractivity contribution in [1.82, 2.24) is 9.80 Å². The minimum absolute atomic E-state index is 0.0263. The summed E-state index contributed by atoms with van der Waals surface area (Å²) in [5, 5.41) is 0. The molecule has 0 fully saturated rings. The Morgan fingerprint density at radius 2 is 0.718 bits per heavy atom. The first-order chi connectivity index (χ1) is 34.6. The molecule has 71 heavy (non-hydrogen) atoms. The van der Waals surface area contributed by atoms with Crippen molar-refractivity contribution < 1.29 is 38.1 Å². The Kier molecular flexibility index (Phi) is 50.3. The van der Waals surface area contributed by atoms with Gasteiger partial charge in [0.15, 0.2) is 0 Å². The summed E-state index contributed by atoms with van der Waals surface area (Å²) < 4.78 is 23.7. The number of ether oxygens (including phenoxy) is 4. The maximum absolute atomic E-state index is 13.8. The van der Waals surface area contributed by atoms with E-state index in [1.165, 1.54) is 77.0 Å². The number of unbranched alkanes of at least 4 members (excludes halogenated alkanes) is 23. The van der Waals surface area contributed by atoms with E-state index in [4.69, 9.17) is 18.9 Å². The number of hydrogen-bond donors (Lipinski definition) is 0. The number of hydrogen-bond acceptors (Lipinski definition) is 9. The third-order valence-electron chi connectivity index (χ3n) is 13.8. The van der Waals surface area contributed by atoms with E-state index >= 15 is 0 Å². The van der Waals surface area contributed by atoms with Crippen LogP contribution in [0.3, 0.4) is 0 Å². The number of nitrogens with zero attached hydrogens (tertiary/aromatic N) is 2. The summed E-state index contributed by atoms with van der Waals surface area (Å²) in [5.41, 5.74) is 0. The Balaban J connectivity index is 5.20. The van der Waals surface area contributed by atoms with Crippen molar-refractivity contribution in [2.75, 3.05) is 40.3 Å². The first-order valence-corrected chi connectivity index (χ1v) is 30.4. The van der Waals surface area contributed by atoms with Crippen molar-refractivity contribution >= 4 is 24.0 Å². The van der Waals surface area contributed by atoms with Gasteiger partial charge in [-0.1, -0.05) is 182 Å². The van der Waals surface area contributed by atoms with Gasteiger partial charge in [0, 0.05) is 32.4 Å². The van der Waals surface area contributed by atoms with Crippen LogP contribution in [0.2, 0.25) is 0 Å². The predicted molar refractivity (Wildman–Crippen MR) is 298 cm³/mol. The molecule has 0 spiro atoms. The minimum Gasteiger partial charge on any atom is -0.462 e. The molecule has 0 rings (SSSR count). The molecule has 1 amide bonds. The first kappa shape index (κ1) is 68.4. The van der Waals surface area contributed by atoms with Crippen molar-refractivity contribution in [3.05, 3.63) is 12.2 Å². The largest absolute Gasteiger partial charge is 0.462 e. The molecule has 10 nitrogen and oxygen atoms in total. The highest BCUT2D eigenvalue weighted by Crippen LogP contribution is 2.22. The van der Waals surface area contributed by atoms with Crippen LogP contribution in [-0.4, -0.2) is 92.4 Å². The number of carbonyl (C=O) groups is 4. The molecule has 0 atom stereocenters. The van der Waals surface area contributed by atoms with Gasteiger partial charge in [0.05, 0.1) is 0 Å². The maximum Gasteiger partial charge on any atom is 0.410 e. The molecule has 0 heterocycles. The lowest BCUT2D eigenvalue weighted by molar-refractivity contribution is -0.151.